The van der Waals surface area contributed by atoms with Crippen LogP contribution >= 0.6 is 0 Å². The van der Waals surface area contributed by atoms with Crippen molar-refractivity contribution in [3.05, 3.63) is 35.4 Å². The van der Waals surface area contributed by atoms with Gasteiger partial charge in [0.15, 0.2) is 0 Å². The van der Waals surface area contributed by atoms with Crippen LogP contribution in [0.4, 0.5) is 0 Å². The number of rotatable bonds is 5. The first-order valence-electron chi connectivity index (χ1n) is 6.47. The number of ether oxygens (including phenoxy) is 1. The second-order valence-corrected chi connectivity index (χ2v) is 5.61. The third-order valence-electron chi connectivity index (χ3n) is 2.55. The Kier molecular flexibility index (Phi) is 5.51. The third kappa shape index (κ3) is 5.85. The van der Waals surface area contributed by atoms with Gasteiger partial charge in [0.1, 0.15) is 11.6 Å². The average molecular weight is 265 g/mol. The molecule has 0 saturated carbocycles. The minimum atomic E-state index is -0.468. The molecule has 0 fully saturated rings. The summed E-state index contributed by atoms with van der Waals surface area (Å²) in [6, 6.07) is 7.25. The summed E-state index contributed by atoms with van der Waals surface area (Å²) in [5.41, 5.74) is 1.43. The van der Waals surface area contributed by atoms with Crippen LogP contribution in [0, 0.1) is 0 Å². The van der Waals surface area contributed by atoms with Gasteiger partial charge in [0, 0.05) is 6.54 Å². The summed E-state index contributed by atoms with van der Waals surface area (Å²) in [5.74, 6) is -0.259. The standard InChI is InChI=1S/C15H23NO3/c1-11(14(18)19-15(2,3)4)16-9-12-6-5-7-13(8-12)10-17/h5-8,11,16-17H,9-10H2,1-4H3. The van der Waals surface area contributed by atoms with Crippen LogP contribution in [0.5, 0.6) is 0 Å². The molecule has 19 heavy (non-hydrogen) atoms. The van der Waals surface area contributed by atoms with Crippen LogP contribution in [0.2, 0.25) is 0 Å². The van der Waals surface area contributed by atoms with Crippen LogP contribution in [-0.4, -0.2) is 22.7 Å². The number of esters is 1. The van der Waals surface area contributed by atoms with E-state index in [1.165, 1.54) is 0 Å². The van der Waals surface area contributed by atoms with Crippen LogP contribution in [0.3, 0.4) is 0 Å². The van der Waals surface area contributed by atoms with E-state index in [0.29, 0.717) is 6.54 Å². The van der Waals surface area contributed by atoms with E-state index in [-0.39, 0.29) is 18.6 Å². The van der Waals surface area contributed by atoms with E-state index in [1.54, 1.807) is 6.92 Å². The summed E-state index contributed by atoms with van der Waals surface area (Å²) in [6.07, 6.45) is 0. The van der Waals surface area contributed by atoms with Gasteiger partial charge in [-0.1, -0.05) is 24.3 Å². The summed E-state index contributed by atoms with van der Waals surface area (Å²) in [6.45, 7) is 7.92. The highest BCUT2D eigenvalue weighted by Crippen LogP contribution is 2.09. The molecule has 0 bridgehead atoms. The highest BCUT2D eigenvalue weighted by atomic mass is 16.6. The lowest BCUT2D eigenvalue weighted by molar-refractivity contribution is -0.157. The van der Waals surface area contributed by atoms with E-state index in [9.17, 15) is 4.79 Å². The molecule has 0 radical (unpaired) electrons. The van der Waals surface area contributed by atoms with Gasteiger partial charge in [-0.3, -0.25) is 4.79 Å². The van der Waals surface area contributed by atoms with Crippen molar-refractivity contribution in [1.29, 1.82) is 0 Å². The van der Waals surface area contributed by atoms with E-state index in [0.717, 1.165) is 11.1 Å². The molecule has 1 unspecified atom stereocenters. The molecule has 0 aliphatic heterocycles. The van der Waals surface area contributed by atoms with Gasteiger partial charge in [-0.05, 0) is 38.8 Å². The fourth-order valence-electron chi connectivity index (χ4n) is 1.58. The fraction of sp³-hybridized carbons (Fsp3) is 0.533. The van der Waals surface area contributed by atoms with Gasteiger partial charge in [-0.15, -0.1) is 0 Å². The van der Waals surface area contributed by atoms with Gasteiger partial charge in [-0.2, -0.15) is 0 Å². The molecule has 0 aliphatic rings. The normalized spacial score (nSPS) is 13.1. The Bertz CT molecular complexity index is 424. The maximum absolute atomic E-state index is 11.8. The topological polar surface area (TPSA) is 58.6 Å². The molecular formula is C15H23NO3. The van der Waals surface area contributed by atoms with Gasteiger partial charge in [0.25, 0.3) is 0 Å². The summed E-state index contributed by atoms with van der Waals surface area (Å²) in [4.78, 5) is 11.8. The van der Waals surface area contributed by atoms with Gasteiger partial charge < -0.3 is 15.2 Å². The zero-order chi connectivity index (χ0) is 14.5. The molecule has 0 aliphatic carbocycles. The van der Waals surface area contributed by atoms with Crippen molar-refractivity contribution in [3.63, 3.8) is 0 Å². The lowest BCUT2D eigenvalue weighted by atomic mass is 10.1. The van der Waals surface area contributed by atoms with Crippen LogP contribution < -0.4 is 5.32 Å². The van der Waals surface area contributed by atoms with Crippen molar-refractivity contribution in [1.82, 2.24) is 5.32 Å². The zero-order valence-electron chi connectivity index (χ0n) is 12.1. The summed E-state index contributed by atoms with van der Waals surface area (Å²) >= 11 is 0. The van der Waals surface area contributed by atoms with Crippen molar-refractivity contribution in [2.45, 2.75) is 52.5 Å². The first-order chi connectivity index (χ1) is 8.81. The third-order valence-corrected chi connectivity index (χ3v) is 2.55. The Morgan fingerprint density at radius 1 is 1.37 bits per heavy atom. The molecule has 4 nitrogen and oxygen atoms in total. The second-order valence-electron chi connectivity index (χ2n) is 5.61. The lowest BCUT2D eigenvalue weighted by Gasteiger charge is -2.22. The lowest BCUT2D eigenvalue weighted by Crippen LogP contribution is -2.38. The molecule has 4 heteroatoms. The van der Waals surface area contributed by atoms with Crippen LogP contribution in [0.1, 0.15) is 38.8 Å². The number of hydrogen-bond donors (Lipinski definition) is 2. The molecule has 1 atom stereocenters. The number of hydrogen-bond acceptors (Lipinski definition) is 4. The van der Waals surface area contributed by atoms with Crippen molar-refractivity contribution < 1.29 is 14.6 Å². The van der Waals surface area contributed by atoms with E-state index in [2.05, 4.69) is 5.32 Å². The van der Waals surface area contributed by atoms with E-state index >= 15 is 0 Å². The largest absolute Gasteiger partial charge is 0.459 e. The highest BCUT2D eigenvalue weighted by molar-refractivity contribution is 5.75. The summed E-state index contributed by atoms with van der Waals surface area (Å²) in [7, 11) is 0. The van der Waals surface area contributed by atoms with Gasteiger partial charge in [0.05, 0.1) is 6.61 Å². The number of aliphatic hydroxyl groups excluding tert-OH is 1. The van der Waals surface area contributed by atoms with E-state index < -0.39 is 5.60 Å². The number of carbonyl (C=O) groups excluding carboxylic acids is 1. The molecule has 0 spiro atoms. The van der Waals surface area contributed by atoms with Crippen LogP contribution in [0.15, 0.2) is 24.3 Å². The first kappa shape index (κ1) is 15.7. The summed E-state index contributed by atoms with van der Waals surface area (Å²) in [5, 5.41) is 12.2. The molecule has 1 aromatic carbocycles. The Balaban J connectivity index is 2.49. The number of carbonyl (C=O) groups is 1. The number of benzene rings is 1. The first-order valence-corrected chi connectivity index (χ1v) is 6.47. The molecule has 0 aromatic heterocycles. The van der Waals surface area contributed by atoms with Crippen molar-refractivity contribution in [2.75, 3.05) is 0 Å². The van der Waals surface area contributed by atoms with Gasteiger partial charge >= 0.3 is 5.97 Å². The Hall–Kier alpha value is -1.39. The van der Waals surface area contributed by atoms with Crippen molar-refractivity contribution in [3.8, 4) is 0 Å². The van der Waals surface area contributed by atoms with E-state index in [1.807, 2.05) is 45.0 Å². The van der Waals surface area contributed by atoms with Gasteiger partial charge in [-0.25, -0.2) is 0 Å². The molecular weight excluding hydrogens is 242 g/mol. The van der Waals surface area contributed by atoms with Gasteiger partial charge in [0.2, 0.25) is 0 Å². The minimum Gasteiger partial charge on any atom is -0.459 e. The molecule has 0 saturated heterocycles. The van der Waals surface area contributed by atoms with E-state index in [4.69, 9.17) is 9.84 Å². The second kappa shape index (κ2) is 6.68. The monoisotopic (exact) mass is 265 g/mol. The van der Waals surface area contributed by atoms with Crippen molar-refractivity contribution >= 4 is 5.97 Å². The van der Waals surface area contributed by atoms with Crippen LogP contribution in [-0.2, 0) is 22.7 Å². The maximum Gasteiger partial charge on any atom is 0.323 e. The average Bonchev–Trinajstić information content (AvgIpc) is 2.34. The number of aliphatic hydroxyl groups is 1. The predicted octanol–water partition coefficient (Wildman–Crippen LogP) is 2.00. The summed E-state index contributed by atoms with van der Waals surface area (Å²) < 4.78 is 5.29. The molecule has 1 rings (SSSR count). The Morgan fingerprint density at radius 3 is 2.58 bits per heavy atom. The SMILES string of the molecule is CC(NCc1cccc(CO)c1)C(=O)OC(C)(C)C. The predicted molar refractivity (Wildman–Crippen MR) is 74.5 cm³/mol. The van der Waals surface area contributed by atoms with Crippen LogP contribution in [0.25, 0.3) is 0 Å². The maximum atomic E-state index is 11.8. The minimum absolute atomic E-state index is 0.0233. The zero-order valence-corrected chi connectivity index (χ0v) is 12.1. The molecule has 0 amide bonds. The Labute approximate surface area is 114 Å². The fourth-order valence-corrected chi connectivity index (χ4v) is 1.58. The molecule has 1 aromatic rings. The molecule has 106 valence electrons. The smallest absolute Gasteiger partial charge is 0.323 e. The molecule has 2 N–H and O–H groups in total. The number of nitrogens with one attached hydrogen (secondary N) is 1. The quantitative estimate of drug-likeness (QED) is 0.799. The Morgan fingerprint density at radius 2 is 2.00 bits per heavy atom. The van der Waals surface area contributed by atoms with Crippen molar-refractivity contribution in [2.24, 2.45) is 0 Å². The molecule has 0 heterocycles. The highest BCUT2D eigenvalue weighted by Gasteiger charge is 2.21.